The Morgan fingerprint density at radius 2 is 0.979 bits per heavy atom. The van der Waals surface area contributed by atoms with Crippen LogP contribution < -0.4 is 29.6 Å². The first kappa shape index (κ1) is 34.4. The first-order valence-corrected chi connectivity index (χ1v) is 15.0. The lowest BCUT2D eigenvalue weighted by Gasteiger charge is -2.14. The van der Waals surface area contributed by atoms with E-state index in [1.54, 1.807) is 111 Å². The highest BCUT2D eigenvalue weighted by atomic mass is 16.5. The molecule has 10 nitrogen and oxygen atoms in total. The van der Waals surface area contributed by atoms with Crippen molar-refractivity contribution >= 4 is 35.3 Å². The number of rotatable bonds is 15. The molecular weight excluding hydrogens is 608 g/mol. The molecule has 0 aliphatic rings. The van der Waals surface area contributed by atoms with E-state index < -0.39 is 11.8 Å². The largest absolute Gasteiger partial charge is 0.497 e. The van der Waals surface area contributed by atoms with E-state index in [4.69, 9.17) is 18.9 Å². The number of methoxy groups -OCH3 is 2. The third-order valence-electron chi connectivity index (χ3n) is 6.91. The van der Waals surface area contributed by atoms with Crippen molar-refractivity contribution in [2.75, 3.05) is 38.1 Å². The molecule has 0 fully saturated rings. The van der Waals surface area contributed by atoms with Crippen molar-refractivity contribution in [1.29, 1.82) is 10.5 Å². The number of nitrogens with one attached hydrogen (secondary N) is 2. The van der Waals surface area contributed by atoms with Gasteiger partial charge in [-0.05, 0) is 84.7 Å². The van der Waals surface area contributed by atoms with Crippen molar-refractivity contribution in [2.45, 2.75) is 12.8 Å². The van der Waals surface area contributed by atoms with Gasteiger partial charge >= 0.3 is 0 Å². The average molecular weight is 643 g/mol. The summed E-state index contributed by atoms with van der Waals surface area (Å²) in [6, 6.07) is 31.9. The van der Waals surface area contributed by atoms with Crippen LogP contribution in [0, 0.1) is 22.7 Å². The van der Waals surface area contributed by atoms with Gasteiger partial charge in [-0.2, -0.15) is 10.5 Å². The minimum atomic E-state index is -0.554. The molecular formula is C38H34N4O6. The topological polar surface area (TPSA) is 143 Å². The van der Waals surface area contributed by atoms with Gasteiger partial charge in [-0.15, -0.1) is 0 Å². The Hall–Kier alpha value is -6.52. The molecule has 2 N–H and O–H groups in total. The maximum absolute atomic E-state index is 12.9. The van der Waals surface area contributed by atoms with E-state index >= 15 is 0 Å². The summed E-state index contributed by atoms with van der Waals surface area (Å²) in [6.07, 6.45) is 4.29. The van der Waals surface area contributed by atoms with Crippen molar-refractivity contribution in [3.63, 3.8) is 0 Å². The van der Waals surface area contributed by atoms with E-state index in [9.17, 15) is 20.1 Å². The third kappa shape index (κ3) is 9.99. The van der Waals surface area contributed by atoms with E-state index in [0.29, 0.717) is 71.6 Å². The summed E-state index contributed by atoms with van der Waals surface area (Å²) in [5, 5.41) is 24.7. The number of anilines is 2. The monoisotopic (exact) mass is 642 g/mol. The summed E-state index contributed by atoms with van der Waals surface area (Å²) in [4.78, 5) is 25.8. The standard InChI is InChI=1S/C38H34N4O6/c1-45-31-17-13-27(14-18-31)23-29(25-39)37(43)41-33-9-3-5-11-35(33)47-21-7-8-22-48-36-12-6-4-10-34(36)42-38(44)30(26-40)24-28-15-19-32(46-2)20-16-28/h3-6,9-20,23-24H,7-8,21-22H2,1-2H3,(H,41,43)(H,42,44)/b29-23-,30-24+. The molecule has 0 heterocycles. The van der Waals surface area contributed by atoms with Crippen LogP contribution in [0.5, 0.6) is 23.0 Å². The molecule has 4 aromatic rings. The number of para-hydroxylation sites is 4. The Labute approximate surface area is 279 Å². The van der Waals surface area contributed by atoms with Crippen LogP contribution in [-0.4, -0.2) is 39.2 Å². The molecule has 242 valence electrons. The molecule has 0 aromatic heterocycles. The molecule has 0 unspecified atom stereocenters. The lowest BCUT2D eigenvalue weighted by Crippen LogP contribution is -2.15. The number of nitrogens with zero attached hydrogens (tertiary/aromatic N) is 2. The smallest absolute Gasteiger partial charge is 0.266 e. The van der Waals surface area contributed by atoms with Crippen molar-refractivity contribution in [3.8, 4) is 35.1 Å². The van der Waals surface area contributed by atoms with Gasteiger partial charge in [-0.3, -0.25) is 9.59 Å². The third-order valence-corrected chi connectivity index (χ3v) is 6.91. The van der Waals surface area contributed by atoms with Crippen LogP contribution >= 0.6 is 0 Å². The number of carbonyl (C=O) groups is 2. The fourth-order valence-corrected chi connectivity index (χ4v) is 4.37. The summed E-state index contributed by atoms with van der Waals surface area (Å²) in [7, 11) is 3.13. The van der Waals surface area contributed by atoms with Crippen LogP contribution in [0.15, 0.2) is 108 Å². The molecule has 0 spiro atoms. The Morgan fingerprint density at radius 3 is 1.33 bits per heavy atom. The van der Waals surface area contributed by atoms with Crippen LogP contribution in [0.1, 0.15) is 24.0 Å². The Morgan fingerprint density at radius 1 is 0.604 bits per heavy atom. The van der Waals surface area contributed by atoms with E-state index in [0.717, 1.165) is 0 Å². The van der Waals surface area contributed by atoms with Crippen LogP contribution in [0.3, 0.4) is 0 Å². The summed E-state index contributed by atoms with van der Waals surface area (Å²) >= 11 is 0. The number of hydrogen-bond donors (Lipinski definition) is 2. The highest BCUT2D eigenvalue weighted by molar-refractivity contribution is 6.11. The number of ether oxygens (including phenoxy) is 4. The highest BCUT2D eigenvalue weighted by Crippen LogP contribution is 2.27. The van der Waals surface area contributed by atoms with E-state index in [-0.39, 0.29) is 11.1 Å². The van der Waals surface area contributed by atoms with Crippen molar-refractivity contribution < 1.29 is 28.5 Å². The van der Waals surface area contributed by atoms with Crippen LogP contribution in [0.2, 0.25) is 0 Å². The van der Waals surface area contributed by atoms with Gasteiger partial charge in [0.1, 0.15) is 46.3 Å². The second-order valence-electron chi connectivity index (χ2n) is 10.2. The van der Waals surface area contributed by atoms with Gasteiger partial charge in [0.2, 0.25) is 0 Å². The molecule has 2 amide bonds. The lowest BCUT2D eigenvalue weighted by molar-refractivity contribution is -0.113. The first-order chi connectivity index (χ1) is 23.4. The van der Waals surface area contributed by atoms with Crippen LogP contribution in [0.4, 0.5) is 11.4 Å². The zero-order chi connectivity index (χ0) is 34.1. The molecule has 0 aliphatic heterocycles. The molecule has 0 aliphatic carbocycles. The van der Waals surface area contributed by atoms with Crippen LogP contribution in [-0.2, 0) is 9.59 Å². The second kappa shape index (κ2) is 17.8. The number of hydrogen-bond acceptors (Lipinski definition) is 8. The van der Waals surface area contributed by atoms with E-state index in [2.05, 4.69) is 10.6 Å². The summed E-state index contributed by atoms with van der Waals surface area (Å²) in [6.45, 7) is 0.701. The molecule has 4 aromatic carbocycles. The Balaban J connectivity index is 1.27. The molecule has 48 heavy (non-hydrogen) atoms. The molecule has 4 rings (SSSR count). The van der Waals surface area contributed by atoms with Crippen molar-refractivity contribution in [1.82, 2.24) is 0 Å². The predicted octanol–water partition coefficient (Wildman–Crippen LogP) is 7.03. The van der Waals surface area contributed by atoms with Crippen molar-refractivity contribution in [2.24, 2.45) is 0 Å². The van der Waals surface area contributed by atoms with Gasteiger partial charge < -0.3 is 29.6 Å². The first-order valence-electron chi connectivity index (χ1n) is 15.0. The Kier molecular flexibility index (Phi) is 12.8. The van der Waals surface area contributed by atoms with Crippen molar-refractivity contribution in [3.05, 3.63) is 119 Å². The number of nitriles is 2. The molecule has 0 atom stereocenters. The maximum Gasteiger partial charge on any atom is 0.266 e. The maximum atomic E-state index is 12.9. The van der Waals surface area contributed by atoms with E-state index in [1.165, 1.54) is 12.2 Å². The molecule has 0 radical (unpaired) electrons. The van der Waals surface area contributed by atoms with Gasteiger partial charge in [-0.25, -0.2) is 0 Å². The second-order valence-corrected chi connectivity index (χ2v) is 10.2. The normalized spacial score (nSPS) is 11.0. The summed E-state index contributed by atoms with van der Waals surface area (Å²) in [5.74, 6) is 1.18. The molecule has 10 heteroatoms. The molecule has 0 saturated carbocycles. The Bertz CT molecular complexity index is 1720. The zero-order valence-corrected chi connectivity index (χ0v) is 26.6. The fourth-order valence-electron chi connectivity index (χ4n) is 4.37. The lowest BCUT2D eigenvalue weighted by atomic mass is 10.1. The average Bonchev–Trinajstić information content (AvgIpc) is 3.12. The van der Waals surface area contributed by atoms with Crippen LogP contribution in [0.25, 0.3) is 12.2 Å². The fraction of sp³-hybridized carbons (Fsp3) is 0.158. The van der Waals surface area contributed by atoms with Gasteiger partial charge in [0.05, 0.1) is 38.8 Å². The number of carbonyl (C=O) groups excluding carboxylic acids is 2. The summed E-state index contributed by atoms with van der Waals surface area (Å²) < 4.78 is 22.2. The number of benzene rings is 4. The SMILES string of the molecule is COc1ccc(/C=C(/C#N)C(=O)Nc2ccccc2OCCCCOc2ccccc2NC(=O)/C(C#N)=C/c2ccc(OC)cc2)cc1. The van der Waals surface area contributed by atoms with Gasteiger partial charge in [-0.1, -0.05) is 48.5 Å². The zero-order valence-electron chi connectivity index (χ0n) is 26.6. The molecule has 0 bridgehead atoms. The quantitative estimate of drug-likeness (QED) is 0.0799. The molecule has 0 saturated heterocycles. The summed E-state index contributed by atoms with van der Waals surface area (Å²) in [5.41, 5.74) is 2.15. The minimum absolute atomic E-state index is 0.0549. The van der Waals surface area contributed by atoms with Gasteiger partial charge in [0.25, 0.3) is 11.8 Å². The van der Waals surface area contributed by atoms with Gasteiger partial charge in [0, 0.05) is 0 Å². The number of amides is 2. The van der Waals surface area contributed by atoms with Gasteiger partial charge in [0.15, 0.2) is 0 Å². The highest BCUT2D eigenvalue weighted by Gasteiger charge is 2.14. The minimum Gasteiger partial charge on any atom is -0.497 e. The number of unbranched alkanes of at least 4 members (excludes halogenated alkanes) is 1. The van der Waals surface area contributed by atoms with E-state index in [1.807, 2.05) is 12.1 Å². The predicted molar refractivity (Wildman–Crippen MR) is 184 cm³/mol.